The Morgan fingerprint density at radius 2 is 1.00 bits per heavy atom. The van der Waals surface area contributed by atoms with Gasteiger partial charge in [-0.05, 0) is 36.5 Å². The summed E-state index contributed by atoms with van der Waals surface area (Å²) < 4.78 is 0. The third-order valence-electron chi connectivity index (χ3n) is 5.18. The number of rotatable bonds is 0. The second-order valence-electron chi connectivity index (χ2n) is 7.68. The standard InChI is InChI=1S/2C8H17N.CH4/c2*1-8(2)6-4-3-5-7(8)9;/h2*7H,3-6,9H2,1-2H3;1H4. The van der Waals surface area contributed by atoms with Crippen LogP contribution in [-0.4, -0.2) is 12.1 Å². The quantitative estimate of drug-likeness (QED) is 0.682. The van der Waals surface area contributed by atoms with Gasteiger partial charge in [-0.1, -0.05) is 60.8 Å². The molecule has 116 valence electrons. The Balaban J connectivity index is 0.000000324. The SMILES string of the molecule is C.CC1(C)CCCCC1N.CC1(C)CCCCC1N. The van der Waals surface area contributed by atoms with Crippen LogP contribution >= 0.6 is 0 Å². The van der Waals surface area contributed by atoms with Gasteiger partial charge >= 0.3 is 0 Å². The van der Waals surface area contributed by atoms with Crippen molar-refractivity contribution < 1.29 is 0 Å². The van der Waals surface area contributed by atoms with Gasteiger partial charge in [0.25, 0.3) is 0 Å². The molecule has 2 atom stereocenters. The second-order valence-corrected chi connectivity index (χ2v) is 7.68. The summed E-state index contributed by atoms with van der Waals surface area (Å²) in [6.07, 6.45) is 10.5. The van der Waals surface area contributed by atoms with E-state index in [-0.39, 0.29) is 7.43 Å². The highest BCUT2D eigenvalue weighted by molar-refractivity contribution is 4.85. The molecule has 0 radical (unpaired) electrons. The Morgan fingerprint density at radius 3 is 1.16 bits per heavy atom. The maximum atomic E-state index is 5.91. The predicted octanol–water partition coefficient (Wildman–Crippen LogP) is 4.46. The summed E-state index contributed by atoms with van der Waals surface area (Å²) >= 11 is 0. The summed E-state index contributed by atoms with van der Waals surface area (Å²) in [6.45, 7) is 9.10. The van der Waals surface area contributed by atoms with Crippen molar-refractivity contribution in [3.8, 4) is 0 Å². The first-order valence-corrected chi connectivity index (χ1v) is 7.77. The molecule has 19 heavy (non-hydrogen) atoms. The molecule has 2 nitrogen and oxygen atoms in total. The zero-order valence-electron chi connectivity index (χ0n) is 13.0. The van der Waals surface area contributed by atoms with Crippen LogP contribution in [0.25, 0.3) is 0 Å². The maximum absolute atomic E-state index is 5.91. The van der Waals surface area contributed by atoms with Crippen molar-refractivity contribution in [1.29, 1.82) is 0 Å². The second kappa shape index (κ2) is 7.64. The van der Waals surface area contributed by atoms with Crippen molar-refractivity contribution in [1.82, 2.24) is 0 Å². The van der Waals surface area contributed by atoms with Gasteiger partial charge in [-0.15, -0.1) is 0 Å². The van der Waals surface area contributed by atoms with Crippen molar-refractivity contribution in [3.05, 3.63) is 0 Å². The van der Waals surface area contributed by atoms with Gasteiger partial charge in [0, 0.05) is 12.1 Å². The molecule has 2 fully saturated rings. The fourth-order valence-electron chi connectivity index (χ4n) is 3.04. The van der Waals surface area contributed by atoms with Gasteiger partial charge in [0.1, 0.15) is 0 Å². The monoisotopic (exact) mass is 270 g/mol. The molecule has 0 bridgehead atoms. The summed E-state index contributed by atoms with van der Waals surface area (Å²) in [6, 6.07) is 0.900. The highest BCUT2D eigenvalue weighted by atomic mass is 14.7. The van der Waals surface area contributed by atoms with Crippen LogP contribution in [0.4, 0.5) is 0 Å². The summed E-state index contributed by atoms with van der Waals surface area (Å²) in [4.78, 5) is 0. The van der Waals surface area contributed by atoms with Crippen LogP contribution in [0.3, 0.4) is 0 Å². The van der Waals surface area contributed by atoms with E-state index in [0.29, 0.717) is 22.9 Å². The molecule has 2 saturated carbocycles. The Hall–Kier alpha value is -0.0800. The molecule has 0 aliphatic heterocycles. The zero-order chi connectivity index (χ0) is 13.8. The zero-order valence-corrected chi connectivity index (χ0v) is 13.0. The molecule has 0 aromatic heterocycles. The van der Waals surface area contributed by atoms with Crippen LogP contribution in [0.2, 0.25) is 0 Å². The van der Waals surface area contributed by atoms with Crippen LogP contribution in [0, 0.1) is 10.8 Å². The van der Waals surface area contributed by atoms with E-state index in [2.05, 4.69) is 27.7 Å². The molecule has 2 aliphatic carbocycles. The normalized spacial score (nSPS) is 32.5. The van der Waals surface area contributed by atoms with Gasteiger partial charge in [-0.2, -0.15) is 0 Å². The molecule has 0 amide bonds. The first kappa shape index (κ1) is 18.9. The molecule has 2 aliphatic rings. The Labute approximate surface area is 121 Å². The fourth-order valence-corrected chi connectivity index (χ4v) is 3.04. The molecule has 0 heterocycles. The van der Waals surface area contributed by atoms with Crippen LogP contribution in [0.5, 0.6) is 0 Å². The first-order valence-electron chi connectivity index (χ1n) is 7.77. The number of hydrogen-bond donors (Lipinski definition) is 2. The molecule has 0 aromatic rings. The van der Waals surface area contributed by atoms with Crippen molar-refractivity contribution in [3.63, 3.8) is 0 Å². The molecule has 0 saturated heterocycles. The minimum absolute atomic E-state index is 0. The van der Waals surface area contributed by atoms with Gasteiger partial charge < -0.3 is 11.5 Å². The average Bonchev–Trinajstić information content (AvgIpc) is 2.28. The molecular formula is C17H38N2. The lowest BCUT2D eigenvalue weighted by Gasteiger charge is -2.35. The summed E-state index contributed by atoms with van der Waals surface area (Å²) in [7, 11) is 0. The fraction of sp³-hybridized carbons (Fsp3) is 1.00. The minimum Gasteiger partial charge on any atom is -0.327 e. The molecule has 2 unspecified atom stereocenters. The van der Waals surface area contributed by atoms with Gasteiger partial charge in [0.15, 0.2) is 0 Å². The van der Waals surface area contributed by atoms with E-state index in [1.165, 1.54) is 51.4 Å². The average molecular weight is 271 g/mol. The van der Waals surface area contributed by atoms with Crippen LogP contribution < -0.4 is 11.5 Å². The summed E-state index contributed by atoms with van der Waals surface area (Å²) in [5, 5.41) is 0. The Morgan fingerprint density at radius 1 is 0.684 bits per heavy atom. The smallest absolute Gasteiger partial charge is 0.00902 e. The van der Waals surface area contributed by atoms with E-state index >= 15 is 0 Å². The van der Waals surface area contributed by atoms with Gasteiger partial charge in [0.05, 0.1) is 0 Å². The van der Waals surface area contributed by atoms with Gasteiger partial charge in [-0.25, -0.2) is 0 Å². The molecule has 2 rings (SSSR count). The molecule has 4 N–H and O–H groups in total. The molecular weight excluding hydrogens is 232 g/mol. The predicted molar refractivity (Wildman–Crippen MR) is 87.2 cm³/mol. The highest BCUT2D eigenvalue weighted by Gasteiger charge is 2.29. The minimum atomic E-state index is 0. The van der Waals surface area contributed by atoms with Crippen molar-refractivity contribution in [2.24, 2.45) is 22.3 Å². The van der Waals surface area contributed by atoms with Crippen LogP contribution in [0.15, 0.2) is 0 Å². The number of nitrogens with two attached hydrogens (primary N) is 2. The first-order chi connectivity index (χ1) is 8.26. The van der Waals surface area contributed by atoms with Crippen LogP contribution in [-0.2, 0) is 0 Å². The van der Waals surface area contributed by atoms with E-state index in [1.54, 1.807) is 0 Å². The third kappa shape index (κ3) is 5.83. The van der Waals surface area contributed by atoms with E-state index in [1.807, 2.05) is 0 Å². The van der Waals surface area contributed by atoms with Crippen LogP contribution in [0.1, 0.15) is 86.5 Å². The van der Waals surface area contributed by atoms with E-state index < -0.39 is 0 Å². The van der Waals surface area contributed by atoms with Gasteiger partial charge in [-0.3, -0.25) is 0 Å². The Kier molecular flexibility index (Phi) is 7.60. The maximum Gasteiger partial charge on any atom is 0.00902 e. The largest absolute Gasteiger partial charge is 0.327 e. The third-order valence-corrected chi connectivity index (χ3v) is 5.18. The lowest BCUT2D eigenvalue weighted by Crippen LogP contribution is -2.39. The Bertz CT molecular complexity index is 220. The highest BCUT2D eigenvalue weighted by Crippen LogP contribution is 2.34. The van der Waals surface area contributed by atoms with E-state index in [4.69, 9.17) is 11.5 Å². The van der Waals surface area contributed by atoms with Crippen molar-refractivity contribution >= 4 is 0 Å². The molecule has 2 heteroatoms. The van der Waals surface area contributed by atoms with Gasteiger partial charge in [0.2, 0.25) is 0 Å². The summed E-state index contributed by atoms with van der Waals surface area (Å²) in [5.41, 5.74) is 12.7. The van der Waals surface area contributed by atoms with Crippen molar-refractivity contribution in [2.45, 2.75) is 98.6 Å². The molecule has 0 spiro atoms. The topological polar surface area (TPSA) is 52.0 Å². The van der Waals surface area contributed by atoms with Crippen molar-refractivity contribution in [2.75, 3.05) is 0 Å². The lowest BCUT2D eigenvalue weighted by atomic mass is 9.74. The summed E-state index contributed by atoms with van der Waals surface area (Å²) in [5.74, 6) is 0. The lowest BCUT2D eigenvalue weighted by molar-refractivity contribution is 0.202. The van der Waals surface area contributed by atoms with E-state index in [9.17, 15) is 0 Å². The number of hydrogen-bond acceptors (Lipinski definition) is 2. The molecule has 0 aromatic carbocycles. The van der Waals surface area contributed by atoms with E-state index in [0.717, 1.165) is 0 Å².